The number of nitrogens with zero attached hydrogens (tertiary/aromatic N) is 4. The van der Waals surface area contributed by atoms with Crippen LogP contribution in [0.4, 0.5) is 10.5 Å². The zero-order chi connectivity index (χ0) is 32.8. The van der Waals surface area contributed by atoms with Crippen molar-refractivity contribution in [3.63, 3.8) is 0 Å². The third-order valence-electron chi connectivity index (χ3n) is 9.76. The monoisotopic (exact) mass is 641 g/mol. The second-order valence-electron chi connectivity index (χ2n) is 13.0. The van der Waals surface area contributed by atoms with Crippen molar-refractivity contribution >= 4 is 17.7 Å². The topological polar surface area (TPSA) is 151 Å². The van der Waals surface area contributed by atoms with Crippen LogP contribution < -0.4 is 15.0 Å². The van der Waals surface area contributed by atoms with E-state index >= 15 is 0 Å². The Morgan fingerprint density at radius 2 is 1.79 bits per heavy atom. The molecular weight excluding hydrogens is 598 g/mol. The van der Waals surface area contributed by atoms with Crippen molar-refractivity contribution in [2.75, 3.05) is 31.7 Å². The van der Waals surface area contributed by atoms with E-state index in [1.54, 1.807) is 13.4 Å². The maximum absolute atomic E-state index is 14.3. The normalized spacial score (nSPS) is 22.6. The Balaban J connectivity index is 1.16. The lowest BCUT2D eigenvalue weighted by Crippen LogP contribution is -2.42. The van der Waals surface area contributed by atoms with Crippen molar-refractivity contribution in [2.45, 2.75) is 82.1 Å². The highest BCUT2D eigenvalue weighted by Crippen LogP contribution is 2.41. The number of pyridine rings is 1. The molecule has 3 saturated carbocycles. The number of amides is 2. The predicted octanol–water partition coefficient (Wildman–Crippen LogP) is 6.08. The Hall–Kier alpha value is -4.43. The minimum atomic E-state index is -0.533. The molecule has 0 atom stereocenters. The van der Waals surface area contributed by atoms with E-state index in [1.807, 2.05) is 41.3 Å². The molecule has 0 spiro atoms. The molecule has 3 fully saturated rings. The van der Waals surface area contributed by atoms with Gasteiger partial charge in [-0.3, -0.25) is 4.79 Å². The van der Waals surface area contributed by atoms with Gasteiger partial charge < -0.3 is 29.2 Å². The molecule has 2 heterocycles. The van der Waals surface area contributed by atoms with Gasteiger partial charge in [-0.05, 0) is 94.4 Å². The summed E-state index contributed by atoms with van der Waals surface area (Å²) < 4.78 is 16.6. The molecule has 0 radical (unpaired) electrons. The molecule has 3 aliphatic rings. The van der Waals surface area contributed by atoms with Crippen molar-refractivity contribution in [3.05, 3.63) is 59.9 Å². The number of nitriles is 1. The molecule has 0 saturated heterocycles. The molecule has 3 aliphatic carbocycles. The van der Waals surface area contributed by atoms with Crippen LogP contribution in [-0.2, 0) is 9.53 Å². The first-order valence-corrected chi connectivity index (χ1v) is 16.8. The molecule has 2 N–H and O–H groups in total. The summed E-state index contributed by atoms with van der Waals surface area (Å²) in [4.78, 5) is 37.6. The van der Waals surface area contributed by atoms with Crippen LogP contribution in [0.15, 0.2) is 47.1 Å². The van der Waals surface area contributed by atoms with E-state index in [1.165, 1.54) is 0 Å². The third-order valence-corrected chi connectivity index (χ3v) is 9.76. The maximum Gasteiger partial charge on any atom is 0.407 e. The van der Waals surface area contributed by atoms with Gasteiger partial charge in [0.15, 0.2) is 17.3 Å². The number of aliphatic hydroxyl groups excluding tert-OH is 1. The number of aliphatic hydroxyl groups is 1. The van der Waals surface area contributed by atoms with Crippen molar-refractivity contribution in [1.29, 1.82) is 5.26 Å². The number of rotatable bonds is 11. The number of anilines is 1. The number of ether oxygens (including phenoxy) is 2. The third kappa shape index (κ3) is 7.93. The zero-order valence-corrected chi connectivity index (χ0v) is 26.9. The number of hydrogen-bond acceptors (Lipinski definition) is 9. The number of carbonyl (C=O) groups excluding carboxylic acids is 2. The van der Waals surface area contributed by atoms with E-state index in [9.17, 15) is 14.9 Å². The van der Waals surface area contributed by atoms with Crippen LogP contribution in [0, 0.1) is 23.2 Å². The number of oxazole rings is 1. The van der Waals surface area contributed by atoms with Gasteiger partial charge in [-0.15, -0.1) is 0 Å². The molecule has 248 valence electrons. The second-order valence-corrected chi connectivity index (χ2v) is 13.0. The van der Waals surface area contributed by atoms with Crippen LogP contribution in [0.25, 0.3) is 11.3 Å². The average molecular weight is 642 g/mol. The predicted molar refractivity (Wildman–Crippen MR) is 174 cm³/mol. The molecule has 11 nitrogen and oxygen atoms in total. The van der Waals surface area contributed by atoms with Gasteiger partial charge in [0.2, 0.25) is 5.91 Å². The lowest BCUT2D eigenvalue weighted by molar-refractivity contribution is -0.124. The minimum Gasteiger partial charge on any atom is -0.494 e. The zero-order valence-electron chi connectivity index (χ0n) is 26.9. The summed E-state index contributed by atoms with van der Waals surface area (Å²) in [6.07, 6.45) is 9.41. The molecule has 0 aliphatic heterocycles. The first kappa shape index (κ1) is 32.5. The van der Waals surface area contributed by atoms with Crippen molar-refractivity contribution in [3.8, 4) is 23.1 Å². The number of benzene rings is 1. The number of methoxy groups -OCH3 is 1. The Morgan fingerprint density at radius 3 is 2.49 bits per heavy atom. The molecule has 2 aromatic heterocycles. The Kier molecular flexibility index (Phi) is 10.4. The van der Waals surface area contributed by atoms with Gasteiger partial charge >= 0.3 is 6.09 Å². The van der Waals surface area contributed by atoms with Crippen LogP contribution in [0.1, 0.15) is 93.3 Å². The summed E-state index contributed by atoms with van der Waals surface area (Å²) in [6.45, 7) is 0.616. The van der Waals surface area contributed by atoms with Gasteiger partial charge in [0, 0.05) is 47.8 Å². The molecule has 47 heavy (non-hydrogen) atoms. The molecular formula is C36H43N5O6. The summed E-state index contributed by atoms with van der Waals surface area (Å²) in [5.74, 6) is 2.19. The van der Waals surface area contributed by atoms with Crippen molar-refractivity contribution < 1.29 is 28.6 Å². The Morgan fingerprint density at radius 1 is 1.02 bits per heavy atom. The van der Waals surface area contributed by atoms with Gasteiger partial charge in [0.1, 0.15) is 24.1 Å². The van der Waals surface area contributed by atoms with Gasteiger partial charge in [0.25, 0.3) is 0 Å². The highest BCUT2D eigenvalue weighted by molar-refractivity contribution is 5.95. The van der Waals surface area contributed by atoms with Crippen LogP contribution in [0.5, 0.6) is 5.75 Å². The minimum absolute atomic E-state index is 0.0989. The summed E-state index contributed by atoms with van der Waals surface area (Å²) in [7, 11) is 1.54. The van der Waals surface area contributed by atoms with Crippen molar-refractivity contribution in [2.24, 2.45) is 11.8 Å². The highest BCUT2D eigenvalue weighted by Gasteiger charge is 2.34. The van der Waals surface area contributed by atoms with E-state index < -0.39 is 6.09 Å². The number of alkyl carbamates (subject to hydrolysis) is 1. The molecule has 0 bridgehead atoms. The van der Waals surface area contributed by atoms with Crippen LogP contribution >= 0.6 is 0 Å². The van der Waals surface area contributed by atoms with E-state index in [2.05, 4.69) is 16.4 Å². The van der Waals surface area contributed by atoms with Crippen LogP contribution in [0.2, 0.25) is 0 Å². The fraction of sp³-hybridized carbons (Fsp3) is 0.528. The van der Waals surface area contributed by atoms with Crippen LogP contribution in [-0.4, -0.2) is 60.0 Å². The summed E-state index contributed by atoms with van der Waals surface area (Å²) in [6, 6.07) is 14.0. The maximum atomic E-state index is 14.3. The lowest BCUT2D eigenvalue weighted by atomic mass is 9.79. The molecule has 6 rings (SSSR count). The smallest absolute Gasteiger partial charge is 0.407 e. The Bertz CT molecular complexity index is 1580. The summed E-state index contributed by atoms with van der Waals surface area (Å²) >= 11 is 0. The fourth-order valence-corrected chi connectivity index (χ4v) is 6.93. The lowest BCUT2D eigenvalue weighted by Gasteiger charge is -2.36. The first-order valence-electron chi connectivity index (χ1n) is 16.8. The van der Waals surface area contributed by atoms with E-state index in [-0.39, 0.29) is 37.0 Å². The summed E-state index contributed by atoms with van der Waals surface area (Å²) in [5.41, 5.74) is 3.78. The average Bonchev–Trinajstić information content (AvgIpc) is 3.85. The number of carbonyl (C=O) groups is 2. The SMILES string of the molecule is COc1ccc(C2CCC(CN(C(=O)C3CCC(OC(=O)NCCO)CC3)c3cccc(-c4coc(C5CC5)n4)c3)CC2)nc1C#N. The standard InChI is InChI=1S/C36H43N5O6/c1-45-33-16-15-30(39-31(33)20-37)24-7-5-23(6-8-24)21-41(35(43)26-11-13-29(14-12-26)47-36(44)38-17-18-42)28-4-2-3-27(19-28)32-22-46-34(40-32)25-9-10-25/h2-4,15-16,19,22-26,29,42H,5-14,17-18,21H2,1H3,(H,38,44). The van der Waals surface area contributed by atoms with Gasteiger partial charge in [-0.1, -0.05) is 12.1 Å². The first-order chi connectivity index (χ1) is 22.9. The molecule has 1 aromatic carbocycles. The van der Waals surface area contributed by atoms with Crippen molar-refractivity contribution in [1.82, 2.24) is 15.3 Å². The number of hydrogen-bond donors (Lipinski definition) is 2. The van der Waals surface area contributed by atoms with E-state index in [4.69, 9.17) is 24.0 Å². The Labute approximate surface area is 275 Å². The van der Waals surface area contributed by atoms with Gasteiger partial charge in [0.05, 0.1) is 13.7 Å². The largest absolute Gasteiger partial charge is 0.494 e. The summed E-state index contributed by atoms with van der Waals surface area (Å²) in [5, 5.41) is 21.0. The second kappa shape index (κ2) is 15.0. The quantitative estimate of drug-likeness (QED) is 0.254. The molecule has 2 amide bonds. The molecule has 11 heteroatoms. The van der Waals surface area contributed by atoms with Crippen LogP contribution in [0.3, 0.4) is 0 Å². The molecule has 0 unspecified atom stereocenters. The van der Waals surface area contributed by atoms with E-state index in [0.29, 0.717) is 55.5 Å². The fourth-order valence-electron chi connectivity index (χ4n) is 6.93. The van der Waals surface area contributed by atoms with Gasteiger partial charge in [-0.2, -0.15) is 5.26 Å². The van der Waals surface area contributed by atoms with E-state index in [0.717, 1.165) is 67.1 Å². The number of nitrogens with one attached hydrogen (secondary N) is 1. The van der Waals surface area contributed by atoms with Gasteiger partial charge in [-0.25, -0.2) is 14.8 Å². The number of aromatic nitrogens is 2. The molecule has 3 aromatic rings. The highest BCUT2D eigenvalue weighted by atomic mass is 16.6.